The van der Waals surface area contributed by atoms with Crippen molar-refractivity contribution >= 4 is 44.1 Å². The number of aliphatic hydroxyl groups excluding tert-OH is 1. The molecule has 6 rings (SSSR count). The van der Waals surface area contributed by atoms with Crippen molar-refractivity contribution in [1.82, 2.24) is 4.98 Å². The van der Waals surface area contributed by atoms with Crippen LogP contribution in [0.25, 0.3) is 16.0 Å². The highest BCUT2D eigenvalue weighted by atomic mass is 32.1. The number of amides is 1. The Labute approximate surface area is 253 Å². The molecule has 5 aromatic rings. The number of carbonyl (C=O) groups excluding carboxylic acids is 2. The molecule has 7 nitrogen and oxygen atoms in total. The van der Waals surface area contributed by atoms with Crippen LogP contribution in [0.4, 0.5) is 5.13 Å². The van der Waals surface area contributed by atoms with E-state index in [1.807, 2.05) is 69.3 Å². The molecule has 1 N–H and O–H groups in total. The van der Waals surface area contributed by atoms with Gasteiger partial charge in [-0.25, -0.2) is 4.98 Å². The average Bonchev–Trinajstić information content (AvgIpc) is 3.54. The topological polar surface area (TPSA) is 89.0 Å². The number of benzene rings is 4. The van der Waals surface area contributed by atoms with Gasteiger partial charge in [0.25, 0.3) is 5.78 Å². The van der Waals surface area contributed by atoms with Gasteiger partial charge in [-0.1, -0.05) is 66.8 Å². The number of Topliss-reactive ketones (excluding diaryl/α,β-unsaturated/α-hetero) is 1. The second-order valence-corrected chi connectivity index (χ2v) is 11.5. The number of aliphatic hydroxyl groups is 1. The third-order valence-corrected chi connectivity index (χ3v) is 8.20. The molecule has 0 spiro atoms. The molecule has 1 amide bonds. The van der Waals surface area contributed by atoms with E-state index in [1.165, 1.54) is 16.2 Å². The van der Waals surface area contributed by atoms with E-state index in [2.05, 4.69) is 0 Å². The number of nitrogens with zero attached hydrogens (tertiary/aromatic N) is 2. The molecule has 4 aromatic carbocycles. The lowest BCUT2D eigenvalue weighted by Crippen LogP contribution is -2.29. The number of rotatable bonds is 8. The molecule has 1 aliphatic heterocycles. The standard InChI is InChI=1S/C35H30N2O5S/c1-4-16-41-26-14-9-11-24(20-26)32(38)29-31(23-10-8-15-27(19-23)42-25-12-6-5-7-13-25)37(34(40)33(29)39)35-36-30-22(3)17-21(2)18-28(30)43-35/h5-15,17-20,31,38H,4,16H2,1-3H3. The van der Waals surface area contributed by atoms with Gasteiger partial charge in [-0.3, -0.25) is 14.5 Å². The Balaban J connectivity index is 1.51. The second-order valence-electron chi connectivity index (χ2n) is 10.5. The maximum Gasteiger partial charge on any atom is 0.301 e. The van der Waals surface area contributed by atoms with Gasteiger partial charge in [0.2, 0.25) is 0 Å². The lowest BCUT2D eigenvalue weighted by molar-refractivity contribution is -0.132. The van der Waals surface area contributed by atoms with Gasteiger partial charge < -0.3 is 14.6 Å². The van der Waals surface area contributed by atoms with Gasteiger partial charge in [-0.15, -0.1) is 0 Å². The SMILES string of the molecule is CCCOc1cccc(C(O)=C2C(=O)C(=O)N(c3nc4c(C)cc(C)cc4s3)C2c2cccc(Oc3ccccc3)c2)c1. The van der Waals surface area contributed by atoms with Crippen LogP contribution in [0.2, 0.25) is 0 Å². The molecule has 1 unspecified atom stereocenters. The molecule has 8 heteroatoms. The summed E-state index contributed by atoms with van der Waals surface area (Å²) in [6.45, 7) is 6.50. The average molecular weight is 591 g/mol. The zero-order valence-electron chi connectivity index (χ0n) is 24.0. The normalized spacial score (nSPS) is 16.2. The first-order valence-corrected chi connectivity index (χ1v) is 14.9. The van der Waals surface area contributed by atoms with Crippen LogP contribution < -0.4 is 14.4 Å². The fourth-order valence-electron chi connectivity index (χ4n) is 5.29. The van der Waals surface area contributed by atoms with Crippen LogP contribution in [-0.4, -0.2) is 28.4 Å². The van der Waals surface area contributed by atoms with Crippen molar-refractivity contribution in [2.24, 2.45) is 0 Å². The fraction of sp³-hybridized carbons (Fsp3) is 0.171. The Kier molecular flexibility index (Phi) is 7.69. The number of thiazole rings is 1. The number of para-hydroxylation sites is 1. The summed E-state index contributed by atoms with van der Waals surface area (Å²) in [7, 11) is 0. The minimum atomic E-state index is -0.943. The van der Waals surface area contributed by atoms with E-state index in [9.17, 15) is 14.7 Å². The third-order valence-electron chi connectivity index (χ3n) is 7.20. The maximum atomic E-state index is 13.8. The predicted octanol–water partition coefficient (Wildman–Crippen LogP) is 8.12. The molecule has 2 heterocycles. The van der Waals surface area contributed by atoms with Gasteiger partial charge in [0.15, 0.2) is 5.13 Å². The summed E-state index contributed by atoms with van der Waals surface area (Å²) in [5, 5.41) is 12.0. The van der Waals surface area contributed by atoms with E-state index in [0.29, 0.717) is 40.1 Å². The van der Waals surface area contributed by atoms with Gasteiger partial charge in [-0.2, -0.15) is 0 Å². The highest BCUT2D eigenvalue weighted by Crippen LogP contribution is 2.45. The van der Waals surface area contributed by atoms with Crippen LogP contribution in [0.5, 0.6) is 17.2 Å². The summed E-state index contributed by atoms with van der Waals surface area (Å²) in [6.07, 6.45) is 0.823. The fourth-order valence-corrected chi connectivity index (χ4v) is 6.46. The van der Waals surface area contributed by atoms with Crippen molar-refractivity contribution in [3.8, 4) is 17.2 Å². The van der Waals surface area contributed by atoms with Crippen molar-refractivity contribution in [2.75, 3.05) is 11.5 Å². The quantitative estimate of drug-likeness (QED) is 0.112. The highest BCUT2D eigenvalue weighted by molar-refractivity contribution is 7.22. The minimum absolute atomic E-state index is 0.0262. The number of hydrogen-bond acceptors (Lipinski definition) is 7. The van der Waals surface area contributed by atoms with Crippen LogP contribution >= 0.6 is 11.3 Å². The molecule has 0 saturated carbocycles. The molecular weight excluding hydrogens is 560 g/mol. The van der Waals surface area contributed by atoms with Gasteiger partial charge in [-0.05, 0) is 79.4 Å². The number of anilines is 1. The number of ether oxygens (including phenoxy) is 2. The number of ketones is 1. The van der Waals surface area contributed by atoms with Crippen LogP contribution in [0.15, 0.2) is 96.6 Å². The smallest absolute Gasteiger partial charge is 0.301 e. The number of hydrogen-bond donors (Lipinski definition) is 1. The van der Waals surface area contributed by atoms with Crippen LogP contribution in [0.3, 0.4) is 0 Å². The first-order valence-electron chi connectivity index (χ1n) is 14.1. The summed E-state index contributed by atoms with van der Waals surface area (Å²) in [4.78, 5) is 33.8. The molecular formula is C35H30N2O5S. The largest absolute Gasteiger partial charge is 0.507 e. The van der Waals surface area contributed by atoms with Crippen molar-refractivity contribution in [3.05, 3.63) is 119 Å². The summed E-state index contributed by atoms with van der Waals surface area (Å²) >= 11 is 1.34. The Morgan fingerprint density at radius 2 is 1.65 bits per heavy atom. The zero-order valence-corrected chi connectivity index (χ0v) is 24.9. The van der Waals surface area contributed by atoms with Crippen molar-refractivity contribution in [1.29, 1.82) is 0 Å². The van der Waals surface area contributed by atoms with E-state index in [0.717, 1.165) is 27.8 Å². The van der Waals surface area contributed by atoms with Crippen molar-refractivity contribution in [2.45, 2.75) is 33.2 Å². The molecule has 0 aliphatic carbocycles. The molecule has 43 heavy (non-hydrogen) atoms. The van der Waals surface area contributed by atoms with E-state index in [4.69, 9.17) is 14.5 Å². The Morgan fingerprint density at radius 3 is 2.44 bits per heavy atom. The molecule has 216 valence electrons. The summed E-state index contributed by atoms with van der Waals surface area (Å²) in [5.41, 5.74) is 3.78. The lowest BCUT2D eigenvalue weighted by atomic mass is 9.95. The van der Waals surface area contributed by atoms with Gasteiger partial charge >= 0.3 is 5.91 Å². The van der Waals surface area contributed by atoms with Crippen LogP contribution in [-0.2, 0) is 9.59 Å². The molecule has 1 fully saturated rings. The van der Waals surface area contributed by atoms with Crippen molar-refractivity contribution < 1.29 is 24.2 Å². The van der Waals surface area contributed by atoms with E-state index >= 15 is 0 Å². The number of carbonyl (C=O) groups is 2. The van der Waals surface area contributed by atoms with Gasteiger partial charge in [0.1, 0.15) is 23.0 Å². The molecule has 0 bridgehead atoms. The van der Waals surface area contributed by atoms with Crippen LogP contribution in [0.1, 0.15) is 41.6 Å². The monoisotopic (exact) mass is 590 g/mol. The Morgan fingerprint density at radius 1 is 0.907 bits per heavy atom. The molecule has 1 saturated heterocycles. The first-order chi connectivity index (χ1) is 20.8. The van der Waals surface area contributed by atoms with E-state index in [-0.39, 0.29) is 11.3 Å². The number of fused-ring (bicyclic) bond motifs is 1. The second kappa shape index (κ2) is 11.7. The summed E-state index contributed by atoms with van der Waals surface area (Å²) in [5.74, 6) is -0.0893. The number of aromatic nitrogens is 1. The first kappa shape index (κ1) is 28.2. The molecule has 0 radical (unpaired) electrons. The predicted molar refractivity (Wildman–Crippen MR) is 169 cm³/mol. The highest BCUT2D eigenvalue weighted by Gasteiger charge is 2.48. The number of aryl methyl sites for hydroxylation is 2. The van der Waals surface area contributed by atoms with Gasteiger partial charge in [0.05, 0.1) is 28.4 Å². The minimum Gasteiger partial charge on any atom is -0.507 e. The lowest BCUT2D eigenvalue weighted by Gasteiger charge is -2.23. The zero-order chi connectivity index (χ0) is 30.1. The van der Waals surface area contributed by atoms with E-state index in [1.54, 1.807) is 42.5 Å². The van der Waals surface area contributed by atoms with Gasteiger partial charge in [0, 0.05) is 5.56 Å². The van der Waals surface area contributed by atoms with Crippen molar-refractivity contribution in [3.63, 3.8) is 0 Å². The molecule has 1 aromatic heterocycles. The Bertz CT molecular complexity index is 1880. The molecule has 1 aliphatic rings. The van der Waals surface area contributed by atoms with E-state index < -0.39 is 17.7 Å². The van der Waals surface area contributed by atoms with Crippen LogP contribution in [0, 0.1) is 13.8 Å². The molecule has 1 atom stereocenters. The Hall–Kier alpha value is -4.95. The maximum absolute atomic E-state index is 13.8. The summed E-state index contributed by atoms with van der Waals surface area (Å²) in [6, 6.07) is 26.6. The third kappa shape index (κ3) is 5.49. The summed E-state index contributed by atoms with van der Waals surface area (Å²) < 4.78 is 12.8.